The molecule has 0 spiro atoms. The van der Waals surface area contributed by atoms with Crippen LogP contribution in [0.1, 0.15) is 29.3 Å². The van der Waals surface area contributed by atoms with E-state index in [4.69, 9.17) is 0 Å². The van der Waals surface area contributed by atoms with E-state index in [1.807, 2.05) is 5.10 Å². The van der Waals surface area contributed by atoms with E-state index in [0.29, 0.717) is 0 Å². The van der Waals surface area contributed by atoms with Crippen molar-refractivity contribution in [3.8, 4) is 0 Å². The van der Waals surface area contributed by atoms with Gasteiger partial charge in [-0.15, -0.1) is 13.2 Å². The molecule has 0 saturated carbocycles. The first-order chi connectivity index (χ1) is 7.85. The molecular formula is C8H8F4N2O3. The fraction of sp³-hybridized carbons (Fsp3) is 0.500. The smallest absolute Gasteiger partial charge is 0.462 e. The zero-order chi connectivity index (χ0) is 13.1. The fourth-order valence-electron chi connectivity index (χ4n) is 1.02. The summed E-state index contributed by atoms with van der Waals surface area (Å²) in [5, 5.41) is 5.18. The van der Waals surface area contributed by atoms with Crippen LogP contribution in [-0.2, 0) is 9.47 Å². The Labute approximate surface area is 92.7 Å². The third-order valence-corrected chi connectivity index (χ3v) is 1.63. The molecule has 1 N–H and O–H groups in total. The zero-order valence-electron chi connectivity index (χ0n) is 8.55. The average Bonchev–Trinajstić information content (AvgIpc) is 2.63. The number of aromatic nitrogens is 2. The van der Waals surface area contributed by atoms with Crippen LogP contribution in [0.25, 0.3) is 0 Å². The number of carbonyl (C=O) groups excluding carboxylic acids is 1. The van der Waals surface area contributed by atoms with Crippen molar-refractivity contribution in [1.82, 2.24) is 10.2 Å². The predicted molar refractivity (Wildman–Crippen MR) is 45.5 cm³/mol. The van der Waals surface area contributed by atoms with Crippen LogP contribution < -0.4 is 0 Å². The zero-order valence-corrected chi connectivity index (χ0v) is 8.55. The van der Waals surface area contributed by atoms with Gasteiger partial charge in [0, 0.05) is 0 Å². The molecule has 0 aliphatic carbocycles. The molecule has 1 atom stereocenters. The number of rotatable bonds is 4. The van der Waals surface area contributed by atoms with Crippen LogP contribution in [0.3, 0.4) is 0 Å². The quantitative estimate of drug-likeness (QED) is 0.661. The number of carbonyl (C=O) groups is 1. The average molecular weight is 256 g/mol. The normalized spacial score (nSPS) is 13.5. The van der Waals surface area contributed by atoms with Crippen molar-refractivity contribution in [2.45, 2.75) is 19.6 Å². The van der Waals surface area contributed by atoms with Crippen molar-refractivity contribution in [3.05, 3.63) is 17.5 Å². The molecule has 0 aliphatic rings. The monoisotopic (exact) mass is 256 g/mol. The van der Waals surface area contributed by atoms with E-state index in [-0.39, 0.29) is 6.61 Å². The Morgan fingerprint density at radius 3 is 2.76 bits per heavy atom. The highest BCUT2D eigenvalue weighted by atomic mass is 19.4. The van der Waals surface area contributed by atoms with Crippen molar-refractivity contribution in [3.63, 3.8) is 0 Å². The highest BCUT2D eigenvalue weighted by Crippen LogP contribution is 2.29. The minimum atomic E-state index is -5.16. The second-order valence-corrected chi connectivity index (χ2v) is 2.80. The minimum Gasteiger partial charge on any atom is -0.462 e. The molecule has 0 aliphatic heterocycles. The third-order valence-electron chi connectivity index (χ3n) is 1.63. The van der Waals surface area contributed by atoms with Crippen LogP contribution in [-0.4, -0.2) is 29.1 Å². The molecule has 0 aromatic carbocycles. The van der Waals surface area contributed by atoms with Gasteiger partial charge in [0.25, 0.3) is 0 Å². The van der Waals surface area contributed by atoms with Gasteiger partial charge < -0.3 is 4.74 Å². The van der Waals surface area contributed by atoms with Gasteiger partial charge in [-0.05, 0) is 6.92 Å². The van der Waals surface area contributed by atoms with Crippen molar-refractivity contribution in [2.24, 2.45) is 0 Å². The van der Waals surface area contributed by atoms with Crippen LogP contribution >= 0.6 is 0 Å². The van der Waals surface area contributed by atoms with E-state index in [1.54, 1.807) is 0 Å². The first-order valence-corrected chi connectivity index (χ1v) is 4.44. The second-order valence-electron chi connectivity index (χ2n) is 2.80. The summed E-state index contributed by atoms with van der Waals surface area (Å²) in [5.74, 6) is -0.982. The Morgan fingerprint density at radius 1 is 1.59 bits per heavy atom. The molecule has 96 valence electrons. The summed E-state index contributed by atoms with van der Waals surface area (Å²) in [4.78, 5) is 11.2. The van der Waals surface area contributed by atoms with Gasteiger partial charge in [-0.1, -0.05) is 0 Å². The lowest BCUT2D eigenvalue weighted by molar-refractivity contribution is -0.363. The van der Waals surface area contributed by atoms with Crippen molar-refractivity contribution in [1.29, 1.82) is 0 Å². The molecule has 9 heteroatoms. The number of nitrogens with one attached hydrogen (secondary N) is 1. The van der Waals surface area contributed by atoms with Gasteiger partial charge in [-0.2, -0.15) is 5.10 Å². The highest BCUT2D eigenvalue weighted by Gasteiger charge is 2.36. The SMILES string of the molecule is CCOC(=O)c1cn[nH]c1C(F)OC(F)(F)F. The van der Waals surface area contributed by atoms with E-state index in [1.165, 1.54) is 6.92 Å². The standard InChI is InChI=1S/C8H8F4N2O3/c1-2-16-7(15)4-3-13-14-5(4)6(9)17-8(10,11)12/h3,6H,2H2,1H3,(H,13,14). The summed E-state index contributed by atoms with van der Waals surface area (Å²) >= 11 is 0. The Kier molecular flexibility index (Phi) is 4.05. The molecule has 0 amide bonds. The van der Waals surface area contributed by atoms with E-state index in [9.17, 15) is 22.4 Å². The molecule has 1 aromatic heterocycles. The summed E-state index contributed by atoms with van der Waals surface area (Å²) in [7, 11) is 0. The predicted octanol–water partition coefficient (Wildman–Crippen LogP) is 2.09. The Balaban J connectivity index is 2.84. The maximum absolute atomic E-state index is 13.1. The minimum absolute atomic E-state index is 0.000529. The maximum atomic E-state index is 13.1. The molecule has 1 heterocycles. The third kappa shape index (κ3) is 3.70. The van der Waals surface area contributed by atoms with Crippen LogP contribution in [0.5, 0.6) is 0 Å². The van der Waals surface area contributed by atoms with Gasteiger partial charge in [0.2, 0.25) is 6.36 Å². The molecule has 0 radical (unpaired) electrons. The number of H-pyrrole nitrogens is 1. The summed E-state index contributed by atoms with van der Waals surface area (Å²) in [6.07, 6.45) is -7.16. The van der Waals surface area contributed by atoms with Crippen LogP contribution in [0.4, 0.5) is 17.6 Å². The number of esters is 1. The summed E-state index contributed by atoms with van der Waals surface area (Å²) in [6.45, 7) is 1.50. The number of halogens is 4. The Hall–Kier alpha value is -1.64. The summed E-state index contributed by atoms with van der Waals surface area (Å²) in [6, 6.07) is 0. The number of hydrogen-bond acceptors (Lipinski definition) is 4. The molecule has 17 heavy (non-hydrogen) atoms. The number of aromatic amines is 1. The van der Waals surface area contributed by atoms with Crippen LogP contribution in [0.2, 0.25) is 0 Å². The van der Waals surface area contributed by atoms with E-state index >= 15 is 0 Å². The van der Waals surface area contributed by atoms with E-state index in [2.05, 4.69) is 14.6 Å². The van der Waals surface area contributed by atoms with Crippen LogP contribution in [0.15, 0.2) is 6.20 Å². The highest BCUT2D eigenvalue weighted by molar-refractivity contribution is 5.90. The maximum Gasteiger partial charge on any atom is 0.525 e. The van der Waals surface area contributed by atoms with E-state index < -0.39 is 29.9 Å². The largest absolute Gasteiger partial charge is 0.525 e. The topological polar surface area (TPSA) is 64.2 Å². The molecule has 5 nitrogen and oxygen atoms in total. The van der Waals surface area contributed by atoms with Gasteiger partial charge in [-0.25, -0.2) is 9.18 Å². The summed E-state index contributed by atoms with van der Waals surface area (Å²) < 4.78 is 56.0. The Bertz CT molecular complexity index is 390. The van der Waals surface area contributed by atoms with Gasteiger partial charge in [-0.3, -0.25) is 9.84 Å². The molecule has 1 aromatic rings. The molecule has 0 saturated heterocycles. The van der Waals surface area contributed by atoms with Gasteiger partial charge in [0.1, 0.15) is 11.3 Å². The Morgan fingerprint density at radius 2 is 2.24 bits per heavy atom. The number of alkyl halides is 4. The van der Waals surface area contributed by atoms with E-state index in [0.717, 1.165) is 6.20 Å². The number of ether oxygens (including phenoxy) is 2. The molecule has 0 bridgehead atoms. The molecule has 1 unspecified atom stereocenters. The lowest BCUT2D eigenvalue weighted by atomic mass is 10.2. The fourth-order valence-corrected chi connectivity index (χ4v) is 1.02. The van der Waals surface area contributed by atoms with Crippen molar-refractivity contribution in [2.75, 3.05) is 6.61 Å². The molecule has 0 fully saturated rings. The van der Waals surface area contributed by atoms with Gasteiger partial charge >= 0.3 is 12.3 Å². The van der Waals surface area contributed by atoms with Gasteiger partial charge in [0.05, 0.1) is 12.8 Å². The molecule has 1 rings (SSSR count). The number of hydrogen-bond donors (Lipinski definition) is 1. The first kappa shape index (κ1) is 13.4. The summed E-state index contributed by atoms with van der Waals surface area (Å²) in [5.41, 5.74) is -1.18. The molecular weight excluding hydrogens is 248 g/mol. The lowest BCUT2D eigenvalue weighted by Gasteiger charge is -2.11. The van der Waals surface area contributed by atoms with Crippen molar-refractivity contribution < 1.29 is 31.8 Å². The first-order valence-electron chi connectivity index (χ1n) is 4.44. The lowest BCUT2D eigenvalue weighted by Crippen LogP contribution is -2.18. The van der Waals surface area contributed by atoms with Crippen molar-refractivity contribution >= 4 is 5.97 Å². The second kappa shape index (κ2) is 5.13. The van der Waals surface area contributed by atoms with Gasteiger partial charge in [0.15, 0.2) is 0 Å². The van der Waals surface area contributed by atoms with Crippen LogP contribution in [0, 0.1) is 0 Å². The number of nitrogens with zero attached hydrogens (tertiary/aromatic N) is 1.